The van der Waals surface area contributed by atoms with Crippen molar-refractivity contribution in [3.05, 3.63) is 54.1 Å². The van der Waals surface area contributed by atoms with Gasteiger partial charge in [-0.3, -0.25) is 9.62 Å². The molecule has 38 heavy (non-hydrogen) atoms. The molecule has 10 heteroatoms. The smallest absolute Gasteiger partial charge is 0.320 e. The maximum Gasteiger partial charge on any atom is 0.320 e. The number of likely N-dealkylation sites (tertiary alicyclic amines) is 1. The molecule has 2 heterocycles. The third kappa shape index (κ3) is 8.34. The summed E-state index contributed by atoms with van der Waals surface area (Å²) in [6.07, 6.45) is 5.22. The van der Waals surface area contributed by atoms with Gasteiger partial charge in [-0.2, -0.15) is 0 Å². The summed E-state index contributed by atoms with van der Waals surface area (Å²) in [6.45, 7) is 8.44. The van der Waals surface area contributed by atoms with Crippen LogP contribution in [-0.2, 0) is 21.3 Å². The molecule has 2 aromatic carbocycles. The maximum absolute atomic E-state index is 13.3. The van der Waals surface area contributed by atoms with Crippen molar-refractivity contribution in [1.82, 2.24) is 14.7 Å². The van der Waals surface area contributed by atoms with Crippen molar-refractivity contribution in [3.8, 4) is 11.5 Å². The second-order valence-corrected chi connectivity index (χ2v) is 11.8. The van der Waals surface area contributed by atoms with Gasteiger partial charge in [0, 0.05) is 51.0 Å². The van der Waals surface area contributed by atoms with Gasteiger partial charge in [-0.15, -0.1) is 0 Å². The number of hydrogen-bond acceptors (Lipinski definition) is 6. The van der Waals surface area contributed by atoms with Crippen LogP contribution in [0.3, 0.4) is 0 Å². The fourth-order valence-corrected chi connectivity index (χ4v) is 5.51. The predicted octanol–water partition coefficient (Wildman–Crippen LogP) is 4.37. The lowest BCUT2D eigenvalue weighted by Gasteiger charge is -2.41. The van der Waals surface area contributed by atoms with Gasteiger partial charge in [0.1, 0.15) is 11.5 Å². The van der Waals surface area contributed by atoms with Gasteiger partial charge in [0.05, 0.1) is 19.5 Å². The van der Waals surface area contributed by atoms with Crippen LogP contribution in [0.1, 0.15) is 38.2 Å². The normalized spacial score (nSPS) is 17.3. The Balaban J connectivity index is 1.26. The van der Waals surface area contributed by atoms with Crippen molar-refractivity contribution in [2.75, 3.05) is 56.9 Å². The summed E-state index contributed by atoms with van der Waals surface area (Å²) < 4.78 is 36.5. The first kappa shape index (κ1) is 28.2. The number of amides is 2. The van der Waals surface area contributed by atoms with Crippen LogP contribution >= 0.6 is 0 Å². The molecule has 2 saturated heterocycles. The fraction of sp³-hybridized carbons (Fsp3) is 0.536. The molecular weight excluding hydrogens is 504 g/mol. The molecule has 2 aromatic rings. The van der Waals surface area contributed by atoms with Crippen molar-refractivity contribution in [3.63, 3.8) is 0 Å². The molecule has 0 aliphatic carbocycles. The molecule has 0 bridgehead atoms. The number of urea groups is 1. The number of piperidine rings is 1. The fourth-order valence-electron chi connectivity index (χ4n) is 4.95. The standard InChI is InChI=1S/C28H40N4O5S/c1-3-4-15-32(28(33)31-18-20-36-21-19-31)25-13-16-30(17-14-25)22-23-5-9-26(10-6-23)37-27-11-7-24(8-12-27)29-38(2,34)35/h5-12,25,29H,3-4,13-22H2,1-2H3. The summed E-state index contributed by atoms with van der Waals surface area (Å²) in [5, 5.41) is 0. The van der Waals surface area contributed by atoms with Gasteiger partial charge in [-0.25, -0.2) is 13.2 Å². The van der Waals surface area contributed by atoms with E-state index in [4.69, 9.17) is 9.47 Å². The summed E-state index contributed by atoms with van der Waals surface area (Å²) >= 11 is 0. The van der Waals surface area contributed by atoms with Crippen LogP contribution in [0.2, 0.25) is 0 Å². The Hall–Kier alpha value is -2.82. The summed E-state index contributed by atoms with van der Waals surface area (Å²) in [5.74, 6) is 1.36. The number of nitrogens with one attached hydrogen (secondary N) is 1. The highest BCUT2D eigenvalue weighted by molar-refractivity contribution is 7.92. The number of hydrogen-bond donors (Lipinski definition) is 1. The molecule has 0 radical (unpaired) electrons. The number of benzene rings is 2. The van der Waals surface area contributed by atoms with Crippen LogP contribution in [0.4, 0.5) is 10.5 Å². The highest BCUT2D eigenvalue weighted by Crippen LogP contribution is 2.25. The lowest BCUT2D eigenvalue weighted by Crippen LogP contribution is -2.54. The van der Waals surface area contributed by atoms with Crippen LogP contribution < -0.4 is 9.46 Å². The van der Waals surface area contributed by atoms with Crippen molar-refractivity contribution < 1.29 is 22.7 Å². The van der Waals surface area contributed by atoms with Crippen molar-refractivity contribution in [2.24, 2.45) is 0 Å². The average molecular weight is 545 g/mol. The van der Waals surface area contributed by atoms with E-state index in [2.05, 4.69) is 33.6 Å². The topological polar surface area (TPSA) is 91.4 Å². The Labute approximate surface area is 226 Å². The number of ether oxygens (including phenoxy) is 2. The molecule has 208 valence electrons. The maximum atomic E-state index is 13.3. The number of morpholine rings is 1. The molecule has 0 saturated carbocycles. The number of anilines is 1. The average Bonchev–Trinajstić information content (AvgIpc) is 2.91. The third-order valence-corrected chi connectivity index (χ3v) is 7.61. The van der Waals surface area contributed by atoms with Crippen molar-refractivity contribution in [1.29, 1.82) is 0 Å². The quantitative estimate of drug-likeness (QED) is 0.478. The van der Waals surface area contributed by atoms with Crippen molar-refractivity contribution in [2.45, 2.75) is 45.2 Å². The first-order valence-electron chi connectivity index (χ1n) is 13.5. The van der Waals surface area contributed by atoms with E-state index in [0.29, 0.717) is 43.8 Å². The molecule has 0 atom stereocenters. The predicted molar refractivity (Wildman–Crippen MR) is 149 cm³/mol. The van der Waals surface area contributed by atoms with E-state index >= 15 is 0 Å². The molecule has 0 aromatic heterocycles. The van der Waals surface area contributed by atoms with E-state index in [1.165, 1.54) is 5.56 Å². The molecule has 0 unspecified atom stereocenters. The van der Waals surface area contributed by atoms with Gasteiger partial charge < -0.3 is 19.3 Å². The minimum absolute atomic E-state index is 0.178. The van der Waals surface area contributed by atoms with Gasteiger partial charge in [0.15, 0.2) is 0 Å². The third-order valence-electron chi connectivity index (χ3n) is 7.00. The highest BCUT2D eigenvalue weighted by atomic mass is 32.2. The number of unbranched alkanes of at least 4 members (excludes halogenated alkanes) is 1. The second-order valence-electron chi connectivity index (χ2n) is 10.1. The van der Waals surface area contributed by atoms with Gasteiger partial charge in [-0.1, -0.05) is 25.5 Å². The number of carbonyl (C=O) groups excluding carboxylic acids is 1. The van der Waals surface area contributed by atoms with E-state index < -0.39 is 10.0 Å². The Bertz CT molecular complexity index is 1130. The molecule has 2 aliphatic rings. The molecule has 2 fully saturated rings. The second kappa shape index (κ2) is 13.3. The number of sulfonamides is 1. The Morgan fingerprint density at radius 1 is 1.00 bits per heavy atom. The van der Waals surface area contributed by atoms with Crippen LogP contribution in [-0.4, -0.2) is 87.4 Å². The largest absolute Gasteiger partial charge is 0.457 e. The van der Waals surface area contributed by atoms with Crippen molar-refractivity contribution >= 4 is 21.7 Å². The van der Waals surface area contributed by atoms with Gasteiger partial charge >= 0.3 is 6.03 Å². The highest BCUT2D eigenvalue weighted by Gasteiger charge is 2.31. The van der Waals surface area contributed by atoms with E-state index in [0.717, 1.165) is 63.9 Å². The Kier molecular flexibility index (Phi) is 9.87. The summed E-state index contributed by atoms with van der Waals surface area (Å²) in [7, 11) is -3.30. The Morgan fingerprint density at radius 2 is 1.61 bits per heavy atom. The first-order chi connectivity index (χ1) is 18.3. The molecule has 0 spiro atoms. The van der Waals surface area contributed by atoms with E-state index in [1.54, 1.807) is 24.3 Å². The lowest BCUT2D eigenvalue weighted by molar-refractivity contribution is 0.0334. The van der Waals surface area contributed by atoms with Gasteiger partial charge in [0.2, 0.25) is 10.0 Å². The summed E-state index contributed by atoms with van der Waals surface area (Å²) in [6, 6.07) is 15.4. The van der Waals surface area contributed by atoms with Crippen LogP contribution in [0.15, 0.2) is 48.5 Å². The molecule has 2 aliphatic heterocycles. The van der Waals surface area contributed by atoms with Crippen LogP contribution in [0.5, 0.6) is 11.5 Å². The SMILES string of the molecule is CCCCN(C(=O)N1CCOCC1)C1CCN(Cc2ccc(Oc3ccc(NS(C)(=O)=O)cc3)cc2)CC1. The van der Waals surface area contributed by atoms with Gasteiger partial charge in [0.25, 0.3) is 0 Å². The Morgan fingerprint density at radius 3 is 2.18 bits per heavy atom. The molecular formula is C28H40N4O5S. The summed E-state index contributed by atoms with van der Waals surface area (Å²) in [5.41, 5.74) is 1.72. The molecule has 1 N–H and O–H groups in total. The zero-order valence-corrected chi connectivity index (χ0v) is 23.3. The van der Waals surface area contributed by atoms with E-state index in [-0.39, 0.29) is 6.03 Å². The zero-order valence-electron chi connectivity index (χ0n) is 22.5. The zero-order chi connectivity index (χ0) is 27.0. The monoisotopic (exact) mass is 544 g/mol. The van der Waals surface area contributed by atoms with Gasteiger partial charge in [-0.05, 0) is 61.2 Å². The summed E-state index contributed by atoms with van der Waals surface area (Å²) in [4.78, 5) is 19.8. The van der Waals surface area contributed by atoms with E-state index in [1.807, 2.05) is 17.0 Å². The molecule has 4 rings (SSSR count). The molecule has 2 amide bonds. The van der Waals surface area contributed by atoms with Crippen LogP contribution in [0, 0.1) is 0 Å². The first-order valence-corrected chi connectivity index (χ1v) is 15.4. The minimum Gasteiger partial charge on any atom is -0.457 e. The minimum atomic E-state index is -3.30. The number of nitrogens with zero attached hydrogens (tertiary/aromatic N) is 3. The van der Waals surface area contributed by atoms with Crippen LogP contribution in [0.25, 0.3) is 0 Å². The number of carbonyl (C=O) groups is 1. The number of rotatable bonds is 10. The van der Waals surface area contributed by atoms with E-state index in [9.17, 15) is 13.2 Å². The lowest BCUT2D eigenvalue weighted by atomic mass is 10.0. The molecule has 9 nitrogen and oxygen atoms in total.